The van der Waals surface area contributed by atoms with Crippen LogP contribution >= 0.6 is 34.8 Å². The maximum absolute atomic E-state index is 11.2. The van der Waals surface area contributed by atoms with Gasteiger partial charge in [0.25, 0.3) is 0 Å². The van der Waals surface area contributed by atoms with Gasteiger partial charge in [0.2, 0.25) is 0 Å². The summed E-state index contributed by atoms with van der Waals surface area (Å²) in [7, 11) is 0. The molecule has 0 amide bonds. The highest BCUT2D eigenvalue weighted by molar-refractivity contribution is 6.61. The molecule has 0 aliphatic heterocycles. The Hall–Kier alpha value is -0.510. The number of hydrogen-bond acceptors (Lipinski definition) is 8. The van der Waals surface area contributed by atoms with Gasteiger partial charge in [-0.25, -0.2) is 9.59 Å². The lowest BCUT2D eigenvalue weighted by molar-refractivity contribution is -0.177. The zero-order valence-electron chi connectivity index (χ0n) is 21.1. The highest BCUT2D eigenvalue weighted by Crippen LogP contribution is 2.62. The summed E-state index contributed by atoms with van der Waals surface area (Å²) in [6, 6.07) is -0.358. The van der Waals surface area contributed by atoms with Crippen LogP contribution in [0.3, 0.4) is 0 Å². The van der Waals surface area contributed by atoms with Crippen molar-refractivity contribution >= 4 is 46.4 Å². The summed E-state index contributed by atoms with van der Waals surface area (Å²) < 4.78 is 13.7. The van der Waals surface area contributed by atoms with Gasteiger partial charge in [-0.1, -0.05) is 23.2 Å². The predicted octanol–water partition coefficient (Wildman–Crippen LogP) is 5.54. The fourth-order valence-electron chi connectivity index (χ4n) is 9.50. The normalized spacial score (nSPS) is 43.7. The van der Waals surface area contributed by atoms with E-state index < -0.39 is 22.8 Å². The predicted molar refractivity (Wildman–Crippen MR) is 137 cm³/mol. The van der Waals surface area contributed by atoms with Crippen LogP contribution in [0.2, 0.25) is 0 Å². The molecule has 11 heteroatoms. The van der Waals surface area contributed by atoms with Crippen LogP contribution in [-0.2, 0) is 14.2 Å². The third kappa shape index (κ3) is 7.17. The third-order valence-corrected chi connectivity index (χ3v) is 9.80. The molecule has 0 spiro atoms. The second kappa shape index (κ2) is 11.5. The second-order valence-corrected chi connectivity index (χ2v) is 13.6. The van der Waals surface area contributed by atoms with Crippen molar-refractivity contribution in [2.45, 2.75) is 88.3 Å². The lowest BCUT2D eigenvalue weighted by Crippen LogP contribution is -2.57. The maximum Gasteiger partial charge on any atom is 0.509 e. The number of rotatable bonds is 5. The van der Waals surface area contributed by atoms with Crippen LogP contribution < -0.4 is 0 Å². The van der Waals surface area contributed by atoms with Gasteiger partial charge in [-0.05, 0) is 106 Å². The van der Waals surface area contributed by atoms with E-state index in [1.165, 1.54) is 25.7 Å². The van der Waals surface area contributed by atoms with E-state index in [-0.39, 0.29) is 23.0 Å². The van der Waals surface area contributed by atoms with E-state index in [0.29, 0.717) is 36.9 Å². The van der Waals surface area contributed by atoms with E-state index in [4.69, 9.17) is 27.9 Å². The van der Waals surface area contributed by atoms with Crippen molar-refractivity contribution in [3.8, 4) is 0 Å². The Labute approximate surface area is 233 Å². The van der Waals surface area contributed by atoms with Crippen molar-refractivity contribution in [3.05, 3.63) is 0 Å². The highest BCUT2D eigenvalue weighted by atomic mass is 35.5. The smallest absolute Gasteiger partial charge is 0.437 e. The quantitative estimate of drug-likeness (QED) is 0.219. The van der Waals surface area contributed by atoms with Gasteiger partial charge in [0.05, 0.1) is 11.2 Å². The van der Waals surface area contributed by atoms with Crippen molar-refractivity contribution in [1.29, 1.82) is 0 Å². The number of halogens is 3. The Balaban J connectivity index is 0.000000147. The van der Waals surface area contributed by atoms with E-state index in [2.05, 4.69) is 21.1 Å². The minimum Gasteiger partial charge on any atom is -0.437 e. The first-order valence-corrected chi connectivity index (χ1v) is 14.7. The molecule has 4 unspecified atom stereocenters. The van der Waals surface area contributed by atoms with Crippen LogP contribution in [0.25, 0.3) is 0 Å². The van der Waals surface area contributed by atoms with Crippen molar-refractivity contribution in [2.75, 3.05) is 25.3 Å². The topological polar surface area (TPSA) is 123 Å². The van der Waals surface area contributed by atoms with Crippen LogP contribution in [0, 0.1) is 34.5 Å². The van der Waals surface area contributed by atoms with Crippen LogP contribution in [-0.4, -0.2) is 63.5 Å². The lowest BCUT2D eigenvalue weighted by atomic mass is 9.48. The molecule has 8 fully saturated rings. The first kappa shape index (κ1) is 29.5. The van der Waals surface area contributed by atoms with Crippen molar-refractivity contribution < 1.29 is 39.1 Å². The fraction of sp³-hybridized carbons (Fsp3) is 0.923. The molecule has 8 saturated carbocycles. The molecule has 212 valence electrons. The number of carbonyl (C=O) groups excluding carboxylic acids is 2. The molecular formula is C26H39Cl3O8. The SMILES string of the molecule is O=C(Cl)OCCl.O=C(OCCl)OCC12CC3CC(CC(O)(C3)C1)C2.OCC12CC3CC(CC(O)(C3)C1)C2. The van der Waals surface area contributed by atoms with Crippen LogP contribution in [0.5, 0.6) is 0 Å². The van der Waals surface area contributed by atoms with E-state index in [0.717, 1.165) is 51.4 Å². The third-order valence-electron chi connectivity index (χ3n) is 9.47. The first-order chi connectivity index (χ1) is 17.4. The molecule has 0 aromatic carbocycles. The Morgan fingerprint density at radius 3 is 1.49 bits per heavy atom. The number of hydrogen-bond donors (Lipinski definition) is 3. The molecule has 0 aromatic rings. The monoisotopic (exact) mass is 584 g/mol. The summed E-state index contributed by atoms with van der Waals surface area (Å²) in [4.78, 5) is 20.7. The van der Waals surface area contributed by atoms with E-state index >= 15 is 0 Å². The van der Waals surface area contributed by atoms with Crippen LogP contribution in [0.1, 0.15) is 77.0 Å². The largest absolute Gasteiger partial charge is 0.509 e. The summed E-state index contributed by atoms with van der Waals surface area (Å²) in [6.07, 6.45) is 11.8. The minimum atomic E-state index is -0.870. The standard InChI is InChI=1S/C13H19ClO4.C11H18O2.C2H2Cl2O2/c14-8-18-11(15)17-7-12-2-9-1-10(3-12)5-13(16,4-9)6-12;12-7-10-2-8-1-9(3-10)5-11(13,4-8)6-10;3-1-6-2(4)5/h9-10,16H,1-8H2;8-9,12-13H,1-7H2;1H2. The minimum absolute atomic E-state index is 0.0236. The molecule has 0 saturated heterocycles. The average molecular weight is 586 g/mol. The Morgan fingerprint density at radius 2 is 1.14 bits per heavy atom. The van der Waals surface area contributed by atoms with Crippen LogP contribution in [0.4, 0.5) is 9.59 Å². The molecule has 8 bridgehead atoms. The molecule has 0 radical (unpaired) electrons. The molecule has 8 aliphatic rings. The molecule has 8 aliphatic carbocycles. The Kier molecular flexibility index (Phi) is 9.19. The Morgan fingerprint density at radius 1 is 0.703 bits per heavy atom. The van der Waals surface area contributed by atoms with Gasteiger partial charge in [0.1, 0.15) is 6.61 Å². The molecule has 0 aromatic heterocycles. The van der Waals surface area contributed by atoms with Gasteiger partial charge in [-0.2, -0.15) is 0 Å². The molecule has 4 atom stereocenters. The van der Waals surface area contributed by atoms with E-state index in [9.17, 15) is 24.9 Å². The Bertz CT molecular complexity index is 811. The molecule has 37 heavy (non-hydrogen) atoms. The molecule has 0 heterocycles. The van der Waals surface area contributed by atoms with E-state index in [1.807, 2.05) is 0 Å². The average Bonchev–Trinajstić information content (AvgIpc) is 2.76. The second-order valence-electron chi connectivity index (χ2n) is 12.8. The van der Waals surface area contributed by atoms with Gasteiger partial charge in [-0.3, -0.25) is 0 Å². The molecule has 8 rings (SSSR count). The van der Waals surface area contributed by atoms with Crippen molar-refractivity contribution in [3.63, 3.8) is 0 Å². The van der Waals surface area contributed by atoms with Gasteiger partial charge < -0.3 is 29.5 Å². The van der Waals surface area contributed by atoms with Crippen molar-refractivity contribution in [1.82, 2.24) is 0 Å². The number of alkyl halides is 2. The number of aliphatic hydroxyl groups is 3. The zero-order valence-corrected chi connectivity index (χ0v) is 23.4. The van der Waals surface area contributed by atoms with Crippen LogP contribution in [0.15, 0.2) is 0 Å². The lowest BCUT2D eigenvalue weighted by Gasteiger charge is -2.59. The zero-order chi connectivity index (χ0) is 26.9. The maximum atomic E-state index is 11.2. The van der Waals surface area contributed by atoms with Crippen molar-refractivity contribution in [2.24, 2.45) is 34.5 Å². The first-order valence-electron chi connectivity index (χ1n) is 13.2. The summed E-state index contributed by atoms with van der Waals surface area (Å²) in [5.41, 5.74) is -1.69. The summed E-state index contributed by atoms with van der Waals surface area (Å²) in [5, 5.41) is 30.3. The summed E-state index contributed by atoms with van der Waals surface area (Å²) >= 11 is 14.8. The van der Waals surface area contributed by atoms with Gasteiger partial charge in [0, 0.05) is 23.6 Å². The number of ether oxygens (including phenoxy) is 3. The molecule has 8 nitrogen and oxygen atoms in total. The fourth-order valence-corrected chi connectivity index (χ4v) is 9.80. The van der Waals surface area contributed by atoms with Gasteiger partial charge in [0.15, 0.2) is 12.1 Å². The number of carbonyl (C=O) groups is 2. The summed E-state index contributed by atoms with van der Waals surface area (Å²) in [5.74, 6) is 2.62. The molecule has 3 N–H and O–H groups in total. The van der Waals surface area contributed by atoms with E-state index in [1.54, 1.807) is 0 Å². The highest BCUT2D eigenvalue weighted by Gasteiger charge is 2.58. The molecular weight excluding hydrogens is 547 g/mol. The van der Waals surface area contributed by atoms with Gasteiger partial charge in [-0.15, -0.1) is 0 Å². The number of aliphatic hydroxyl groups excluding tert-OH is 1. The summed E-state index contributed by atoms with van der Waals surface area (Å²) in [6.45, 7) is 0.653. The van der Waals surface area contributed by atoms with Gasteiger partial charge >= 0.3 is 11.6 Å².